The van der Waals surface area contributed by atoms with Gasteiger partial charge in [-0.2, -0.15) is 10.2 Å². The molecule has 1 aromatic carbocycles. The Labute approximate surface area is 169 Å². The van der Waals surface area contributed by atoms with Crippen LogP contribution in [0.3, 0.4) is 0 Å². The summed E-state index contributed by atoms with van der Waals surface area (Å²) in [6.07, 6.45) is 2.27. The second kappa shape index (κ2) is 7.93. The maximum atomic E-state index is 12.7. The first-order valence-electron chi connectivity index (χ1n) is 9.61. The molecule has 0 spiro atoms. The third-order valence-electron chi connectivity index (χ3n) is 5.43. The lowest BCUT2D eigenvalue weighted by Gasteiger charge is -2.35. The number of aryl methyl sites for hydroxylation is 3. The Kier molecular flexibility index (Phi) is 5.37. The zero-order valence-electron chi connectivity index (χ0n) is 16.3. The first kappa shape index (κ1) is 19.0. The summed E-state index contributed by atoms with van der Waals surface area (Å²) in [5, 5.41) is 9.65. The number of hydrogen-bond acceptors (Lipinski definition) is 4. The van der Waals surface area contributed by atoms with Crippen LogP contribution in [0.1, 0.15) is 17.7 Å². The van der Waals surface area contributed by atoms with Crippen molar-refractivity contribution in [2.24, 2.45) is 7.05 Å². The minimum absolute atomic E-state index is 0.183. The van der Waals surface area contributed by atoms with Gasteiger partial charge in [0, 0.05) is 51.2 Å². The highest BCUT2D eigenvalue weighted by atomic mass is 35.5. The molecule has 0 N–H and O–H groups in total. The van der Waals surface area contributed by atoms with Gasteiger partial charge in [0.1, 0.15) is 11.0 Å². The lowest BCUT2D eigenvalue weighted by atomic mass is 10.2. The van der Waals surface area contributed by atoms with E-state index in [4.69, 9.17) is 11.6 Å². The van der Waals surface area contributed by atoms with E-state index in [9.17, 15) is 4.79 Å². The van der Waals surface area contributed by atoms with Crippen LogP contribution in [0.5, 0.6) is 0 Å². The second-order valence-electron chi connectivity index (χ2n) is 7.31. The van der Waals surface area contributed by atoms with Crippen molar-refractivity contribution in [3.63, 3.8) is 0 Å². The Hall–Kier alpha value is -2.38. The van der Waals surface area contributed by atoms with Crippen LogP contribution in [0.25, 0.3) is 11.0 Å². The molecule has 1 aliphatic heterocycles. The molecular formula is C20H25ClN6O. The van der Waals surface area contributed by atoms with E-state index in [-0.39, 0.29) is 5.91 Å². The second-order valence-corrected chi connectivity index (χ2v) is 7.72. The monoisotopic (exact) mass is 400 g/mol. The molecule has 3 heterocycles. The van der Waals surface area contributed by atoms with E-state index in [1.54, 1.807) is 0 Å². The van der Waals surface area contributed by atoms with Crippen molar-refractivity contribution < 1.29 is 4.79 Å². The van der Waals surface area contributed by atoms with Crippen LogP contribution in [-0.4, -0.2) is 61.4 Å². The maximum absolute atomic E-state index is 12.7. The molecular weight excluding hydrogens is 376 g/mol. The van der Waals surface area contributed by atoms with Gasteiger partial charge in [-0.15, -0.1) is 0 Å². The Morgan fingerprint density at radius 2 is 1.93 bits per heavy atom. The number of carbonyl (C=O) groups excluding carboxylic acids is 1. The Morgan fingerprint density at radius 3 is 2.68 bits per heavy atom. The molecule has 1 aliphatic rings. The maximum Gasteiger partial charge on any atom is 0.224 e. The lowest BCUT2D eigenvalue weighted by Crippen LogP contribution is -2.48. The van der Waals surface area contributed by atoms with Crippen LogP contribution >= 0.6 is 11.6 Å². The zero-order chi connectivity index (χ0) is 19.7. The standard InChI is InChI=1S/C20H25ClN6O/c1-15-20-18(24(2)23-15)13-22-27(20)8-7-19(28)26-11-9-25(10-12-26)14-16-5-3-4-6-17(16)21/h3-6,13H,7-12,14H2,1-2H3. The molecule has 148 valence electrons. The minimum atomic E-state index is 0.183. The summed E-state index contributed by atoms with van der Waals surface area (Å²) in [6, 6.07) is 7.94. The molecule has 0 bridgehead atoms. The number of piperazine rings is 1. The van der Waals surface area contributed by atoms with Gasteiger partial charge in [-0.05, 0) is 18.6 Å². The number of amides is 1. The molecule has 0 atom stereocenters. The molecule has 3 aromatic rings. The fourth-order valence-electron chi connectivity index (χ4n) is 3.86. The predicted molar refractivity (Wildman–Crippen MR) is 109 cm³/mol. The topological polar surface area (TPSA) is 59.2 Å². The summed E-state index contributed by atoms with van der Waals surface area (Å²) >= 11 is 6.26. The van der Waals surface area contributed by atoms with Crippen molar-refractivity contribution in [3.8, 4) is 0 Å². The van der Waals surface area contributed by atoms with E-state index < -0.39 is 0 Å². The SMILES string of the molecule is Cc1nn(C)c2cnn(CCC(=O)N3CCN(Cc4ccccc4Cl)CC3)c12. The average molecular weight is 401 g/mol. The van der Waals surface area contributed by atoms with Gasteiger partial charge in [-0.25, -0.2) is 0 Å². The van der Waals surface area contributed by atoms with Crippen molar-refractivity contribution in [2.45, 2.75) is 26.4 Å². The van der Waals surface area contributed by atoms with Crippen molar-refractivity contribution in [1.29, 1.82) is 0 Å². The summed E-state index contributed by atoms with van der Waals surface area (Å²) in [5.74, 6) is 0.183. The molecule has 8 heteroatoms. The largest absolute Gasteiger partial charge is 0.340 e. The van der Waals surface area contributed by atoms with Crippen LogP contribution in [0.2, 0.25) is 5.02 Å². The fourth-order valence-corrected chi connectivity index (χ4v) is 4.06. The van der Waals surface area contributed by atoms with Crippen molar-refractivity contribution >= 4 is 28.5 Å². The van der Waals surface area contributed by atoms with Crippen molar-refractivity contribution in [2.75, 3.05) is 26.2 Å². The normalized spacial score (nSPS) is 15.5. The van der Waals surface area contributed by atoms with Crippen LogP contribution < -0.4 is 0 Å². The molecule has 0 radical (unpaired) electrons. The first-order valence-corrected chi connectivity index (χ1v) is 9.99. The van der Waals surface area contributed by atoms with E-state index in [1.807, 2.05) is 52.6 Å². The van der Waals surface area contributed by atoms with Crippen LogP contribution in [0.4, 0.5) is 0 Å². The van der Waals surface area contributed by atoms with E-state index in [1.165, 1.54) is 0 Å². The predicted octanol–water partition coefficient (Wildman–Crippen LogP) is 2.47. The smallest absolute Gasteiger partial charge is 0.224 e. The first-order chi connectivity index (χ1) is 13.5. The molecule has 2 aromatic heterocycles. The molecule has 0 unspecified atom stereocenters. The fraction of sp³-hybridized carbons (Fsp3) is 0.450. The van der Waals surface area contributed by atoms with Crippen LogP contribution in [-0.2, 0) is 24.9 Å². The molecule has 1 saturated heterocycles. The van der Waals surface area contributed by atoms with Crippen LogP contribution in [0, 0.1) is 6.92 Å². The lowest BCUT2D eigenvalue weighted by molar-refractivity contribution is -0.133. The van der Waals surface area contributed by atoms with E-state index in [0.717, 1.165) is 60.0 Å². The zero-order valence-corrected chi connectivity index (χ0v) is 17.1. The number of fused-ring (bicyclic) bond motifs is 1. The average Bonchev–Trinajstić information content (AvgIpc) is 3.24. The molecule has 1 fully saturated rings. The van der Waals surface area contributed by atoms with Gasteiger partial charge >= 0.3 is 0 Å². The van der Waals surface area contributed by atoms with Gasteiger partial charge in [-0.1, -0.05) is 29.8 Å². The van der Waals surface area contributed by atoms with E-state index in [0.29, 0.717) is 13.0 Å². The summed E-state index contributed by atoms with van der Waals surface area (Å²) in [4.78, 5) is 17.0. The molecule has 7 nitrogen and oxygen atoms in total. The number of nitrogens with zero attached hydrogens (tertiary/aromatic N) is 6. The van der Waals surface area contributed by atoms with Crippen LogP contribution in [0.15, 0.2) is 30.5 Å². The van der Waals surface area contributed by atoms with E-state index >= 15 is 0 Å². The van der Waals surface area contributed by atoms with Gasteiger partial charge in [0.25, 0.3) is 0 Å². The van der Waals surface area contributed by atoms with Gasteiger partial charge in [0.2, 0.25) is 5.91 Å². The summed E-state index contributed by atoms with van der Waals surface area (Å²) in [5.41, 5.74) is 4.09. The minimum Gasteiger partial charge on any atom is -0.340 e. The third kappa shape index (κ3) is 3.77. The van der Waals surface area contributed by atoms with Crippen molar-refractivity contribution in [3.05, 3.63) is 46.7 Å². The Bertz CT molecular complexity index is 986. The van der Waals surface area contributed by atoms with Gasteiger partial charge < -0.3 is 4.90 Å². The highest BCUT2D eigenvalue weighted by molar-refractivity contribution is 6.31. The molecule has 1 amide bonds. The highest BCUT2D eigenvalue weighted by Gasteiger charge is 2.22. The third-order valence-corrected chi connectivity index (χ3v) is 5.79. The quantitative estimate of drug-likeness (QED) is 0.660. The molecule has 0 aliphatic carbocycles. The highest BCUT2D eigenvalue weighted by Crippen LogP contribution is 2.19. The summed E-state index contributed by atoms with van der Waals surface area (Å²) < 4.78 is 3.72. The summed E-state index contributed by atoms with van der Waals surface area (Å²) in [6.45, 7) is 6.62. The number of carbonyl (C=O) groups is 1. The summed E-state index contributed by atoms with van der Waals surface area (Å²) in [7, 11) is 1.91. The van der Waals surface area contributed by atoms with Gasteiger partial charge in [0.05, 0.1) is 18.4 Å². The molecule has 28 heavy (non-hydrogen) atoms. The molecule has 0 saturated carbocycles. The van der Waals surface area contributed by atoms with Gasteiger partial charge in [-0.3, -0.25) is 19.1 Å². The number of aromatic nitrogens is 4. The van der Waals surface area contributed by atoms with Gasteiger partial charge in [0.15, 0.2) is 0 Å². The molecule has 4 rings (SSSR count). The Balaban J connectivity index is 1.30. The van der Waals surface area contributed by atoms with E-state index in [2.05, 4.69) is 21.2 Å². The number of hydrogen-bond donors (Lipinski definition) is 0. The Morgan fingerprint density at radius 1 is 1.18 bits per heavy atom. The van der Waals surface area contributed by atoms with Crippen molar-refractivity contribution in [1.82, 2.24) is 29.4 Å². The number of halogens is 1. The number of benzene rings is 1. The number of rotatable bonds is 5.